The van der Waals surface area contributed by atoms with E-state index < -0.39 is 0 Å². The minimum absolute atomic E-state index is 0.567. The van der Waals surface area contributed by atoms with Crippen molar-refractivity contribution >= 4 is 0 Å². The molecule has 3 fully saturated rings. The molecule has 0 unspecified atom stereocenters. The highest BCUT2D eigenvalue weighted by Crippen LogP contribution is 2.65. The SMILES string of the molecule is C1=C[C@H]2CC[C@H]1[C@@H]1[C@H]3N=N[C@@H]([C@H]12)[C@@H]1[C@@H]3[C@H]2C=C[C@H]1C2. The van der Waals surface area contributed by atoms with E-state index in [-0.39, 0.29) is 0 Å². The van der Waals surface area contributed by atoms with Crippen LogP contribution in [0.1, 0.15) is 19.3 Å². The van der Waals surface area contributed by atoms with Crippen LogP contribution in [0.15, 0.2) is 34.5 Å². The van der Waals surface area contributed by atoms with Crippen molar-refractivity contribution < 1.29 is 0 Å². The second-order valence-corrected chi connectivity index (χ2v) is 7.76. The number of azo groups is 1. The van der Waals surface area contributed by atoms with Gasteiger partial charge in [0.2, 0.25) is 0 Å². The molecule has 2 heteroatoms. The topological polar surface area (TPSA) is 24.7 Å². The summed E-state index contributed by atoms with van der Waals surface area (Å²) in [4.78, 5) is 0. The molecule has 8 aliphatic rings. The Balaban J connectivity index is 1.53. The molecule has 0 saturated heterocycles. The van der Waals surface area contributed by atoms with Gasteiger partial charge in [0.1, 0.15) is 0 Å². The fourth-order valence-electron chi connectivity index (χ4n) is 6.87. The molecule has 0 radical (unpaired) electrons. The summed E-state index contributed by atoms with van der Waals surface area (Å²) in [5, 5.41) is 9.64. The van der Waals surface area contributed by atoms with Crippen LogP contribution in [0.5, 0.6) is 0 Å². The zero-order valence-corrected chi connectivity index (χ0v) is 11.1. The van der Waals surface area contributed by atoms with Gasteiger partial charge in [-0.2, -0.15) is 10.2 Å². The van der Waals surface area contributed by atoms with E-state index in [1.165, 1.54) is 19.3 Å². The first-order valence-electron chi connectivity index (χ1n) is 8.18. The summed E-state index contributed by atoms with van der Waals surface area (Å²) in [6.45, 7) is 0. The largest absolute Gasteiger partial charge is 0.190 e. The number of hydrogen-bond donors (Lipinski definition) is 0. The molecule has 3 saturated carbocycles. The van der Waals surface area contributed by atoms with Crippen LogP contribution in [-0.2, 0) is 0 Å². The molecule has 6 bridgehead atoms. The summed E-state index contributed by atoms with van der Waals surface area (Å²) in [6.07, 6.45) is 14.3. The molecular weight excluding hydrogens is 232 g/mol. The van der Waals surface area contributed by atoms with Crippen molar-refractivity contribution in [3.8, 4) is 0 Å². The van der Waals surface area contributed by atoms with Crippen molar-refractivity contribution in [1.29, 1.82) is 0 Å². The molecule has 2 heterocycles. The molecule has 0 aromatic rings. The maximum Gasteiger partial charge on any atom is 0.0783 e. The summed E-state index contributed by atoms with van der Waals surface area (Å²) in [5.41, 5.74) is 0. The lowest BCUT2D eigenvalue weighted by Crippen LogP contribution is -2.61. The Labute approximate surface area is 114 Å². The van der Waals surface area contributed by atoms with Crippen LogP contribution in [0.3, 0.4) is 0 Å². The molecule has 0 aromatic carbocycles. The Kier molecular flexibility index (Phi) is 1.59. The van der Waals surface area contributed by atoms with Gasteiger partial charge in [0.25, 0.3) is 0 Å². The highest BCUT2D eigenvalue weighted by atomic mass is 15.2. The van der Waals surface area contributed by atoms with Gasteiger partial charge >= 0.3 is 0 Å². The van der Waals surface area contributed by atoms with E-state index >= 15 is 0 Å². The van der Waals surface area contributed by atoms with Gasteiger partial charge in [-0.1, -0.05) is 24.3 Å². The number of hydrogen-bond acceptors (Lipinski definition) is 2. The smallest absolute Gasteiger partial charge is 0.0783 e. The maximum atomic E-state index is 4.82. The zero-order valence-electron chi connectivity index (χ0n) is 11.1. The average Bonchev–Trinajstić information content (AvgIpc) is 3.12. The molecule has 2 aliphatic heterocycles. The van der Waals surface area contributed by atoms with Gasteiger partial charge in [0, 0.05) is 0 Å². The Bertz CT molecular complexity index is 489. The van der Waals surface area contributed by atoms with Crippen molar-refractivity contribution in [3.63, 3.8) is 0 Å². The lowest BCUT2D eigenvalue weighted by atomic mass is 9.48. The lowest BCUT2D eigenvalue weighted by Gasteiger charge is -2.59. The Morgan fingerprint density at radius 1 is 0.579 bits per heavy atom. The monoisotopic (exact) mass is 252 g/mol. The van der Waals surface area contributed by atoms with Crippen LogP contribution >= 0.6 is 0 Å². The second kappa shape index (κ2) is 3.05. The van der Waals surface area contributed by atoms with Crippen molar-refractivity contribution in [3.05, 3.63) is 24.3 Å². The normalized spacial score (nSPS) is 65.7. The zero-order chi connectivity index (χ0) is 12.1. The number of rotatable bonds is 0. The molecule has 2 nitrogen and oxygen atoms in total. The third-order valence-electron chi connectivity index (χ3n) is 7.37. The second-order valence-electron chi connectivity index (χ2n) is 7.76. The van der Waals surface area contributed by atoms with Gasteiger partial charge < -0.3 is 0 Å². The molecule has 0 N–H and O–H groups in total. The van der Waals surface area contributed by atoms with E-state index in [9.17, 15) is 0 Å². The molecule has 0 amide bonds. The third kappa shape index (κ3) is 0.976. The molecule has 0 spiro atoms. The lowest BCUT2D eigenvalue weighted by molar-refractivity contribution is -0.0488. The number of fused-ring (bicyclic) bond motifs is 3. The maximum absolute atomic E-state index is 4.82. The summed E-state index contributed by atoms with van der Waals surface area (Å²) in [6, 6.07) is 1.13. The highest BCUT2D eigenvalue weighted by Gasteiger charge is 2.65. The summed E-state index contributed by atoms with van der Waals surface area (Å²) < 4.78 is 0. The van der Waals surface area contributed by atoms with E-state index in [2.05, 4.69) is 24.3 Å². The van der Waals surface area contributed by atoms with Gasteiger partial charge in [-0.15, -0.1) is 0 Å². The molecule has 8 rings (SSSR count). The van der Waals surface area contributed by atoms with Crippen molar-refractivity contribution in [2.75, 3.05) is 0 Å². The van der Waals surface area contributed by atoms with Gasteiger partial charge in [-0.05, 0) is 66.6 Å². The molecule has 98 valence electrons. The third-order valence-corrected chi connectivity index (χ3v) is 7.37. The van der Waals surface area contributed by atoms with Crippen molar-refractivity contribution in [2.24, 2.45) is 57.6 Å². The van der Waals surface area contributed by atoms with Crippen molar-refractivity contribution in [1.82, 2.24) is 0 Å². The fraction of sp³-hybridized carbons (Fsp3) is 0.765. The first kappa shape index (κ1) is 9.90. The van der Waals surface area contributed by atoms with Crippen LogP contribution in [0.25, 0.3) is 0 Å². The van der Waals surface area contributed by atoms with E-state index in [1.54, 1.807) is 0 Å². The Morgan fingerprint density at radius 3 is 1.47 bits per heavy atom. The highest BCUT2D eigenvalue weighted by molar-refractivity contribution is 5.27. The average molecular weight is 252 g/mol. The summed E-state index contributed by atoms with van der Waals surface area (Å²) >= 11 is 0. The van der Waals surface area contributed by atoms with Crippen LogP contribution in [-0.4, -0.2) is 12.1 Å². The number of nitrogens with zero attached hydrogens (tertiary/aromatic N) is 2. The van der Waals surface area contributed by atoms with Crippen LogP contribution in [0.2, 0.25) is 0 Å². The van der Waals surface area contributed by atoms with Gasteiger partial charge in [-0.3, -0.25) is 0 Å². The predicted molar refractivity (Wildman–Crippen MR) is 72.5 cm³/mol. The Hall–Kier alpha value is -0.920. The van der Waals surface area contributed by atoms with Crippen molar-refractivity contribution in [2.45, 2.75) is 31.3 Å². The van der Waals surface area contributed by atoms with Gasteiger partial charge in [-0.25, -0.2) is 0 Å². The van der Waals surface area contributed by atoms with Gasteiger partial charge in [0.05, 0.1) is 12.1 Å². The Morgan fingerprint density at radius 2 is 1.00 bits per heavy atom. The molecule has 6 aliphatic carbocycles. The van der Waals surface area contributed by atoms with Gasteiger partial charge in [0.15, 0.2) is 0 Å². The molecule has 19 heavy (non-hydrogen) atoms. The minimum Gasteiger partial charge on any atom is -0.190 e. The molecular formula is C17H20N2. The van der Waals surface area contributed by atoms with E-state index in [1.807, 2.05) is 0 Å². The van der Waals surface area contributed by atoms with Crippen LogP contribution in [0.4, 0.5) is 0 Å². The minimum atomic E-state index is 0.567. The quantitative estimate of drug-likeness (QED) is 0.590. The molecule has 10 atom stereocenters. The summed E-state index contributed by atoms with van der Waals surface area (Å²) in [7, 11) is 0. The van der Waals surface area contributed by atoms with Crippen LogP contribution in [0, 0.1) is 47.3 Å². The predicted octanol–water partition coefficient (Wildman–Crippen LogP) is 3.47. The van der Waals surface area contributed by atoms with E-state index in [0.717, 1.165) is 47.3 Å². The number of allylic oxidation sites excluding steroid dienone is 4. The van der Waals surface area contributed by atoms with E-state index in [0.29, 0.717) is 12.1 Å². The van der Waals surface area contributed by atoms with E-state index in [4.69, 9.17) is 10.2 Å². The molecule has 0 aromatic heterocycles. The fourth-order valence-corrected chi connectivity index (χ4v) is 6.87. The van der Waals surface area contributed by atoms with Crippen LogP contribution < -0.4 is 0 Å². The standard InChI is InChI=1S/C17H20N2/c1-2-9-4-3-8(1)12-13(9)17-15-11-6-5-10(7-11)14(15)16(12)18-19-17/h1-2,5-6,8-17H,3-4,7H2/t8-,9-,10-,11-,12-,13-,14-,15-,16-,17+/m0/s1. The first-order chi connectivity index (χ1) is 9.42. The first-order valence-corrected chi connectivity index (χ1v) is 8.18. The summed E-state index contributed by atoms with van der Waals surface area (Å²) in [5.74, 6) is 6.73.